The monoisotopic (exact) mass is 533 g/mol. The molecular weight excluding hydrogens is 521 g/mol. The topological polar surface area (TPSA) is 29.5 Å². The van der Waals surface area contributed by atoms with Gasteiger partial charge >= 0.3 is 0 Å². The van der Waals surface area contributed by atoms with Crippen LogP contribution in [0.2, 0.25) is 5.02 Å². The Morgan fingerprint density at radius 1 is 1.13 bits per heavy atom. The Hall–Kier alpha value is -2.19. The van der Waals surface area contributed by atoms with E-state index in [1.54, 1.807) is 24.3 Å². The minimum absolute atomic E-state index is 0.137. The van der Waals surface area contributed by atoms with Crippen molar-refractivity contribution in [1.29, 1.82) is 0 Å². The van der Waals surface area contributed by atoms with Crippen LogP contribution in [-0.4, -0.2) is 10.2 Å². The summed E-state index contributed by atoms with van der Waals surface area (Å²) >= 11 is 16.1. The molecule has 0 bridgehead atoms. The smallest absolute Gasteiger partial charge is 0.270 e. The molecule has 0 radical (unpaired) electrons. The highest BCUT2D eigenvalue weighted by Gasteiger charge is 2.34. The lowest BCUT2D eigenvalue weighted by Gasteiger charge is -2.15. The van der Waals surface area contributed by atoms with E-state index < -0.39 is 5.82 Å². The highest BCUT2D eigenvalue weighted by Crippen LogP contribution is 2.38. The first-order valence-corrected chi connectivity index (χ1v) is 11.5. The molecule has 3 aromatic rings. The number of hydrogen-bond donors (Lipinski definition) is 0. The second kappa shape index (κ2) is 9.53. The van der Waals surface area contributed by atoms with Crippen LogP contribution >= 0.6 is 51.5 Å². The van der Waals surface area contributed by atoms with Crippen LogP contribution in [0.5, 0.6) is 5.75 Å². The third-order valence-corrected chi connectivity index (χ3v) is 6.65. The molecule has 3 aromatic carbocycles. The number of benzene rings is 3. The Morgan fingerprint density at radius 2 is 1.87 bits per heavy atom. The number of para-hydroxylation sites is 1. The Labute approximate surface area is 202 Å². The number of thioether (sulfide) groups is 1. The summed E-state index contributed by atoms with van der Waals surface area (Å²) in [6, 6.07) is 19.0. The highest BCUT2D eigenvalue weighted by atomic mass is 79.9. The van der Waals surface area contributed by atoms with E-state index >= 15 is 0 Å². The Morgan fingerprint density at radius 3 is 2.65 bits per heavy atom. The molecule has 0 unspecified atom stereocenters. The van der Waals surface area contributed by atoms with Crippen LogP contribution in [0.3, 0.4) is 0 Å². The van der Waals surface area contributed by atoms with Gasteiger partial charge in [0.1, 0.15) is 18.2 Å². The highest BCUT2D eigenvalue weighted by molar-refractivity contribution is 9.10. The molecule has 31 heavy (non-hydrogen) atoms. The fourth-order valence-electron chi connectivity index (χ4n) is 2.98. The number of thiocarbonyl (C=S) groups is 1. The molecule has 0 atom stereocenters. The third-order valence-electron chi connectivity index (χ3n) is 4.49. The number of halogens is 3. The number of rotatable bonds is 5. The predicted molar refractivity (Wildman–Crippen MR) is 132 cm³/mol. The molecule has 8 heteroatoms. The zero-order valence-electron chi connectivity index (χ0n) is 15.8. The molecular formula is C23H14BrClFNO2S2. The molecule has 1 heterocycles. The van der Waals surface area contributed by atoms with Crippen molar-refractivity contribution in [1.82, 2.24) is 0 Å². The number of carbonyl (C=O) groups excluding carboxylic acids is 1. The summed E-state index contributed by atoms with van der Waals surface area (Å²) < 4.78 is 21.3. The maximum atomic E-state index is 14.2. The van der Waals surface area contributed by atoms with E-state index in [9.17, 15) is 9.18 Å². The van der Waals surface area contributed by atoms with Gasteiger partial charge in [-0.1, -0.05) is 81.8 Å². The predicted octanol–water partition coefficient (Wildman–Crippen LogP) is 7.23. The van der Waals surface area contributed by atoms with Gasteiger partial charge in [-0.25, -0.2) is 4.39 Å². The molecule has 1 saturated heterocycles. The van der Waals surface area contributed by atoms with Gasteiger partial charge in [-0.2, -0.15) is 0 Å². The standard InChI is InChI=1S/C23H14BrClFNO2S2/c24-16-9-10-20(29-13-14-5-1-2-6-17(14)25)15(11-16)12-21-22(28)27(23(30)31-21)19-8-4-3-7-18(19)26/h1-12H,13H2/b21-12-. The van der Waals surface area contributed by atoms with Crippen molar-refractivity contribution in [2.45, 2.75) is 6.61 Å². The lowest BCUT2D eigenvalue weighted by atomic mass is 10.1. The van der Waals surface area contributed by atoms with Crippen LogP contribution in [0, 0.1) is 5.82 Å². The first-order valence-electron chi connectivity index (χ1n) is 9.12. The SMILES string of the molecule is O=C1/C(=C/c2cc(Br)ccc2OCc2ccccc2Cl)SC(=S)N1c1ccccc1F. The van der Waals surface area contributed by atoms with Crippen molar-refractivity contribution in [3.63, 3.8) is 0 Å². The van der Waals surface area contributed by atoms with Gasteiger partial charge in [-0.05, 0) is 42.5 Å². The molecule has 1 aliphatic heterocycles. The van der Waals surface area contributed by atoms with E-state index in [2.05, 4.69) is 15.9 Å². The van der Waals surface area contributed by atoms with Crippen molar-refractivity contribution >= 4 is 73.5 Å². The number of hydrogen-bond acceptors (Lipinski definition) is 4. The fourth-order valence-corrected chi connectivity index (χ4v) is 4.83. The summed E-state index contributed by atoms with van der Waals surface area (Å²) in [6.45, 7) is 0.276. The second-order valence-corrected chi connectivity index (χ2v) is 9.53. The van der Waals surface area contributed by atoms with E-state index in [4.69, 9.17) is 28.6 Å². The van der Waals surface area contributed by atoms with Gasteiger partial charge in [0, 0.05) is 20.6 Å². The van der Waals surface area contributed by atoms with Gasteiger partial charge in [0.05, 0.1) is 10.6 Å². The second-order valence-electron chi connectivity index (χ2n) is 6.53. The first kappa shape index (κ1) is 22.0. The summed E-state index contributed by atoms with van der Waals surface area (Å²) in [5.41, 5.74) is 1.68. The van der Waals surface area contributed by atoms with Crippen molar-refractivity contribution in [3.05, 3.63) is 98.1 Å². The summed E-state index contributed by atoms with van der Waals surface area (Å²) in [6.07, 6.45) is 1.70. The molecule has 1 amide bonds. The Kier molecular flexibility index (Phi) is 6.77. The maximum absolute atomic E-state index is 14.2. The molecule has 0 spiro atoms. The van der Waals surface area contributed by atoms with Crippen molar-refractivity contribution in [2.24, 2.45) is 0 Å². The van der Waals surface area contributed by atoms with Crippen molar-refractivity contribution < 1.29 is 13.9 Å². The van der Waals surface area contributed by atoms with Gasteiger partial charge < -0.3 is 4.74 Å². The summed E-state index contributed by atoms with van der Waals surface area (Å²) in [5.74, 6) is -0.303. The Bertz CT molecular complexity index is 1220. The molecule has 156 valence electrons. The molecule has 0 aromatic heterocycles. The molecule has 0 N–H and O–H groups in total. The zero-order valence-corrected chi connectivity index (χ0v) is 19.8. The summed E-state index contributed by atoms with van der Waals surface area (Å²) in [4.78, 5) is 14.6. The largest absolute Gasteiger partial charge is 0.488 e. The average molecular weight is 535 g/mol. The molecule has 3 nitrogen and oxygen atoms in total. The maximum Gasteiger partial charge on any atom is 0.270 e. The van der Waals surface area contributed by atoms with Crippen molar-refractivity contribution in [3.8, 4) is 5.75 Å². The van der Waals surface area contributed by atoms with E-state index in [-0.39, 0.29) is 22.5 Å². The van der Waals surface area contributed by atoms with E-state index in [0.717, 1.165) is 21.8 Å². The van der Waals surface area contributed by atoms with Gasteiger partial charge in [-0.3, -0.25) is 9.69 Å². The van der Waals surface area contributed by atoms with Crippen LogP contribution in [0.25, 0.3) is 6.08 Å². The molecule has 1 aliphatic rings. The van der Waals surface area contributed by atoms with Gasteiger partial charge in [-0.15, -0.1) is 0 Å². The molecule has 4 rings (SSSR count). The molecule has 0 saturated carbocycles. The van der Waals surface area contributed by atoms with E-state index in [1.807, 2.05) is 36.4 Å². The van der Waals surface area contributed by atoms with Crippen LogP contribution in [0.4, 0.5) is 10.1 Å². The van der Waals surface area contributed by atoms with E-state index in [0.29, 0.717) is 21.2 Å². The first-order chi connectivity index (χ1) is 14.9. The number of nitrogens with zero attached hydrogens (tertiary/aromatic N) is 1. The van der Waals surface area contributed by atoms with Gasteiger partial charge in [0.25, 0.3) is 5.91 Å². The number of anilines is 1. The molecule has 0 aliphatic carbocycles. The number of ether oxygens (including phenoxy) is 1. The van der Waals surface area contributed by atoms with Crippen LogP contribution in [-0.2, 0) is 11.4 Å². The van der Waals surface area contributed by atoms with Gasteiger partial charge in [0.2, 0.25) is 0 Å². The molecule has 1 fully saturated rings. The van der Waals surface area contributed by atoms with Crippen LogP contribution < -0.4 is 9.64 Å². The summed E-state index contributed by atoms with van der Waals surface area (Å²) in [5, 5.41) is 0.618. The van der Waals surface area contributed by atoms with Gasteiger partial charge in [0.15, 0.2) is 4.32 Å². The van der Waals surface area contributed by atoms with Crippen LogP contribution in [0.1, 0.15) is 11.1 Å². The minimum Gasteiger partial charge on any atom is -0.488 e. The number of amides is 1. The quantitative estimate of drug-likeness (QED) is 0.255. The third kappa shape index (κ3) is 4.85. The van der Waals surface area contributed by atoms with E-state index in [1.165, 1.54) is 17.0 Å². The fraction of sp³-hybridized carbons (Fsp3) is 0.0435. The van der Waals surface area contributed by atoms with Crippen LogP contribution in [0.15, 0.2) is 76.1 Å². The minimum atomic E-state index is -0.508. The lowest BCUT2D eigenvalue weighted by molar-refractivity contribution is -0.113. The normalized spacial score (nSPS) is 15.1. The zero-order chi connectivity index (χ0) is 22.0. The summed E-state index contributed by atoms with van der Waals surface area (Å²) in [7, 11) is 0. The number of carbonyl (C=O) groups is 1. The lowest BCUT2D eigenvalue weighted by Crippen LogP contribution is -2.28. The Balaban J connectivity index is 1.63. The average Bonchev–Trinajstić information content (AvgIpc) is 3.02. The van der Waals surface area contributed by atoms with Crippen molar-refractivity contribution in [2.75, 3.05) is 4.90 Å².